The number of dihydropyridines is 1. The molecule has 0 amide bonds. The zero-order valence-electron chi connectivity index (χ0n) is 12.6. The third-order valence-corrected chi connectivity index (χ3v) is 3.39. The normalized spacial score (nSPS) is 14.5. The molecule has 0 saturated carbocycles. The molecule has 3 rings (SSSR count). The van der Waals surface area contributed by atoms with Crippen molar-refractivity contribution in [1.29, 1.82) is 0 Å². The zero-order valence-corrected chi connectivity index (χ0v) is 12.6. The Morgan fingerprint density at radius 2 is 2.04 bits per heavy atom. The molecular formula is C16H13F3N4O. The summed E-state index contributed by atoms with van der Waals surface area (Å²) in [4.78, 5) is 12.6. The van der Waals surface area contributed by atoms with Gasteiger partial charge in [-0.2, -0.15) is 13.2 Å². The fraction of sp³-hybridized carbons (Fsp3) is 0.188. The number of aromatic nitrogens is 3. The number of ether oxygens (including phenoxy) is 1. The molecule has 0 saturated heterocycles. The number of nitrogens with one attached hydrogen (secondary N) is 1. The molecule has 3 heterocycles. The van der Waals surface area contributed by atoms with Crippen molar-refractivity contribution in [2.75, 3.05) is 13.7 Å². The third kappa shape index (κ3) is 3.22. The summed E-state index contributed by atoms with van der Waals surface area (Å²) < 4.78 is 44.0. The van der Waals surface area contributed by atoms with Crippen LogP contribution in [0.4, 0.5) is 13.2 Å². The molecule has 2 aromatic rings. The number of methoxy groups -OCH3 is 1. The highest BCUT2D eigenvalue weighted by Crippen LogP contribution is 2.33. The highest BCUT2D eigenvalue weighted by molar-refractivity contribution is 5.77. The molecule has 0 aromatic carbocycles. The molecule has 0 fully saturated rings. The maximum absolute atomic E-state index is 12.9. The van der Waals surface area contributed by atoms with E-state index in [1.807, 2.05) is 0 Å². The SMILES string of the molecule is COc1cnc(-c2ccccn2)nc1C1=CNCC(C(F)(F)F)=C1. The van der Waals surface area contributed by atoms with Gasteiger partial charge in [-0.1, -0.05) is 6.07 Å². The molecule has 124 valence electrons. The van der Waals surface area contributed by atoms with Crippen molar-refractivity contribution in [3.05, 3.63) is 54.1 Å². The number of hydrogen-bond acceptors (Lipinski definition) is 5. The van der Waals surface area contributed by atoms with Crippen molar-refractivity contribution in [1.82, 2.24) is 20.3 Å². The van der Waals surface area contributed by atoms with Crippen molar-refractivity contribution in [2.24, 2.45) is 0 Å². The summed E-state index contributed by atoms with van der Waals surface area (Å²) in [5, 5.41) is 2.62. The molecule has 5 nitrogen and oxygen atoms in total. The molecule has 0 unspecified atom stereocenters. The fourth-order valence-electron chi connectivity index (χ4n) is 2.22. The number of halogens is 3. The van der Waals surface area contributed by atoms with Gasteiger partial charge in [-0.05, 0) is 18.2 Å². The first-order valence-corrected chi connectivity index (χ1v) is 7.03. The smallest absolute Gasteiger partial charge is 0.414 e. The van der Waals surface area contributed by atoms with Crippen LogP contribution in [0.5, 0.6) is 5.75 Å². The number of pyridine rings is 1. The van der Waals surface area contributed by atoms with Gasteiger partial charge in [0.2, 0.25) is 0 Å². The Kier molecular flexibility index (Phi) is 4.20. The lowest BCUT2D eigenvalue weighted by molar-refractivity contribution is -0.0927. The Bertz CT molecular complexity index is 801. The first-order chi connectivity index (χ1) is 11.5. The van der Waals surface area contributed by atoms with E-state index in [0.29, 0.717) is 11.5 Å². The van der Waals surface area contributed by atoms with E-state index >= 15 is 0 Å². The molecular weight excluding hydrogens is 321 g/mol. The first-order valence-electron chi connectivity index (χ1n) is 7.03. The number of allylic oxidation sites excluding steroid dienone is 2. The molecule has 1 N–H and O–H groups in total. The summed E-state index contributed by atoms with van der Waals surface area (Å²) in [6.07, 6.45) is 1.14. The van der Waals surface area contributed by atoms with Crippen LogP contribution in [-0.2, 0) is 0 Å². The highest BCUT2D eigenvalue weighted by Gasteiger charge is 2.34. The second-order valence-electron chi connectivity index (χ2n) is 4.97. The van der Waals surface area contributed by atoms with E-state index < -0.39 is 11.7 Å². The van der Waals surface area contributed by atoms with Crippen LogP contribution in [0.1, 0.15) is 5.69 Å². The van der Waals surface area contributed by atoms with Gasteiger partial charge >= 0.3 is 6.18 Å². The number of hydrogen-bond donors (Lipinski definition) is 1. The quantitative estimate of drug-likeness (QED) is 0.935. The van der Waals surface area contributed by atoms with Gasteiger partial charge in [0.05, 0.1) is 18.9 Å². The van der Waals surface area contributed by atoms with Crippen LogP contribution in [0.2, 0.25) is 0 Å². The largest absolute Gasteiger partial charge is 0.493 e. The summed E-state index contributed by atoms with van der Waals surface area (Å²) in [5.41, 5.74) is 0.373. The predicted octanol–water partition coefficient (Wildman–Crippen LogP) is 2.98. The molecule has 0 aliphatic carbocycles. The minimum Gasteiger partial charge on any atom is -0.493 e. The van der Waals surface area contributed by atoms with Crippen molar-refractivity contribution in [3.63, 3.8) is 0 Å². The maximum Gasteiger partial charge on any atom is 0.414 e. The number of alkyl halides is 3. The Balaban J connectivity index is 2.07. The van der Waals surface area contributed by atoms with Crippen LogP contribution < -0.4 is 10.1 Å². The summed E-state index contributed by atoms with van der Waals surface area (Å²) in [6.45, 7) is -0.284. The summed E-state index contributed by atoms with van der Waals surface area (Å²) in [7, 11) is 1.41. The number of rotatable bonds is 3. The Hall–Kier alpha value is -2.90. The minimum atomic E-state index is -4.41. The molecule has 0 atom stereocenters. The standard InChI is InChI=1S/C16H13F3N4O/c1-24-13-9-22-15(12-4-2-3-5-21-12)23-14(13)10-6-11(8-20-7-10)16(17,18)19/h2-7,9,20H,8H2,1H3. The molecule has 0 spiro atoms. The van der Waals surface area contributed by atoms with E-state index in [-0.39, 0.29) is 23.6 Å². The Labute approximate surface area is 135 Å². The van der Waals surface area contributed by atoms with E-state index in [4.69, 9.17) is 4.74 Å². The van der Waals surface area contributed by atoms with Crippen LogP contribution >= 0.6 is 0 Å². The van der Waals surface area contributed by atoms with Gasteiger partial charge in [-0.3, -0.25) is 4.98 Å². The number of nitrogens with zero attached hydrogens (tertiary/aromatic N) is 3. The second kappa shape index (κ2) is 6.31. The average molecular weight is 334 g/mol. The van der Waals surface area contributed by atoms with E-state index in [1.165, 1.54) is 19.5 Å². The predicted molar refractivity (Wildman–Crippen MR) is 81.9 cm³/mol. The molecule has 0 radical (unpaired) electrons. The topological polar surface area (TPSA) is 59.9 Å². The second-order valence-corrected chi connectivity index (χ2v) is 4.97. The highest BCUT2D eigenvalue weighted by atomic mass is 19.4. The van der Waals surface area contributed by atoms with Crippen molar-refractivity contribution < 1.29 is 17.9 Å². The van der Waals surface area contributed by atoms with Gasteiger partial charge in [-0.15, -0.1) is 0 Å². The third-order valence-electron chi connectivity index (χ3n) is 3.39. The first kappa shape index (κ1) is 16.0. The van der Waals surface area contributed by atoms with Crippen molar-refractivity contribution >= 4 is 5.57 Å². The van der Waals surface area contributed by atoms with E-state index in [1.54, 1.807) is 24.4 Å². The summed E-state index contributed by atoms with van der Waals surface area (Å²) in [5.74, 6) is 0.585. The average Bonchev–Trinajstić information content (AvgIpc) is 2.61. The van der Waals surface area contributed by atoms with Crippen LogP contribution in [0, 0.1) is 0 Å². The van der Waals surface area contributed by atoms with Gasteiger partial charge in [0.25, 0.3) is 0 Å². The lowest BCUT2D eigenvalue weighted by atomic mass is 10.1. The van der Waals surface area contributed by atoms with Gasteiger partial charge in [0.1, 0.15) is 11.4 Å². The lowest BCUT2D eigenvalue weighted by Gasteiger charge is -2.18. The zero-order chi connectivity index (χ0) is 17.2. The molecule has 1 aliphatic heterocycles. The maximum atomic E-state index is 12.9. The van der Waals surface area contributed by atoms with E-state index in [0.717, 1.165) is 6.08 Å². The summed E-state index contributed by atoms with van der Waals surface area (Å²) >= 11 is 0. The monoisotopic (exact) mass is 334 g/mol. The van der Waals surface area contributed by atoms with Crippen molar-refractivity contribution in [2.45, 2.75) is 6.18 Å². The Morgan fingerprint density at radius 3 is 2.71 bits per heavy atom. The van der Waals surface area contributed by atoms with E-state index in [2.05, 4.69) is 20.3 Å². The van der Waals surface area contributed by atoms with Gasteiger partial charge in [-0.25, -0.2) is 9.97 Å². The van der Waals surface area contributed by atoms with Crippen LogP contribution in [-0.4, -0.2) is 34.8 Å². The van der Waals surface area contributed by atoms with Crippen LogP contribution in [0.3, 0.4) is 0 Å². The van der Waals surface area contributed by atoms with E-state index in [9.17, 15) is 13.2 Å². The molecule has 1 aliphatic rings. The molecule has 0 bridgehead atoms. The molecule has 8 heteroatoms. The molecule has 24 heavy (non-hydrogen) atoms. The minimum absolute atomic E-state index is 0.266. The van der Waals surface area contributed by atoms with Crippen molar-refractivity contribution in [3.8, 4) is 17.3 Å². The van der Waals surface area contributed by atoms with Crippen LogP contribution in [0.15, 0.2) is 48.4 Å². The fourth-order valence-corrected chi connectivity index (χ4v) is 2.22. The van der Waals surface area contributed by atoms with Gasteiger partial charge in [0, 0.05) is 24.5 Å². The van der Waals surface area contributed by atoms with Gasteiger partial charge < -0.3 is 10.1 Å². The van der Waals surface area contributed by atoms with Gasteiger partial charge in [0.15, 0.2) is 11.6 Å². The molecule has 2 aromatic heterocycles. The lowest BCUT2D eigenvalue weighted by Crippen LogP contribution is -2.25. The Morgan fingerprint density at radius 1 is 1.21 bits per heavy atom. The summed E-state index contributed by atoms with van der Waals surface area (Å²) in [6, 6.07) is 5.24. The van der Waals surface area contributed by atoms with Crippen LogP contribution in [0.25, 0.3) is 17.1 Å².